The minimum atomic E-state index is -0.0874. The van der Waals surface area contributed by atoms with Crippen LogP contribution in [0.4, 0.5) is 5.13 Å². The average Bonchev–Trinajstić information content (AvgIpc) is 3.06. The van der Waals surface area contributed by atoms with Crippen LogP contribution in [0.15, 0.2) is 24.0 Å². The first-order valence-corrected chi connectivity index (χ1v) is 7.37. The molecule has 0 aromatic carbocycles. The Morgan fingerprint density at radius 3 is 2.90 bits per heavy atom. The van der Waals surface area contributed by atoms with Gasteiger partial charge in [0.2, 0.25) is 5.91 Å². The number of aromatic nitrogens is 3. The van der Waals surface area contributed by atoms with Gasteiger partial charge < -0.3 is 10.6 Å². The number of nitrogens with zero attached hydrogens (tertiary/aromatic N) is 3. The van der Waals surface area contributed by atoms with Crippen molar-refractivity contribution in [1.29, 1.82) is 0 Å². The second kappa shape index (κ2) is 6.62. The molecule has 2 aromatic rings. The number of carbonyl (C=O) groups excluding carboxylic acids is 1. The van der Waals surface area contributed by atoms with Crippen molar-refractivity contribution in [3.63, 3.8) is 0 Å². The summed E-state index contributed by atoms with van der Waals surface area (Å²) >= 11 is 1.41. The van der Waals surface area contributed by atoms with Crippen LogP contribution in [0.25, 0.3) is 0 Å². The summed E-state index contributed by atoms with van der Waals surface area (Å²) in [5, 5.41) is 12.7. The topological polar surface area (TPSA) is 71.8 Å². The van der Waals surface area contributed by atoms with Crippen molar-refractivity contribution >= 4 is 22.4 Å². The molecule has 2 heterocycles. The van der Waals surface area contributed by atoms with Crippen molar-refractivity contribution < 1.29 is 4.79 Å². The van der Waals surface area contributed by atoms with E-state index in [0.29, 0.717) is 5.13 Å². The van der Waals surface area contributed by atoms with E-state index in [0.717, 1.165) is 5.56 Å². The molecule has 0 radical (unpaired) electrons. The quantitative estimate of drug-likeness (QED) is 0.852. The standard InChI is InChI=1S/C13H19N5OS/c1-9-6-16-18(8-9)11(3)10(2)15-7-12(19)17-13-14-4-5-20-13/h4-6,8,10-11,15H,7H2,1-3H3,(H,14,17,19)/t10-,11+/m1/s1. The summed E-state index contributed by atoms with van der Waals surface area (Å²) in [5.41, 5.74) is 1.13. The maximum Gasteiger partial charge on any atom is 0.240 e. The van der Waals surface area contributed by atoms with E-state index in [1.165, 1.54) is 11.3 Å². The Labute approximate surface area is 122 Å². The van der Waals surface area contributed by atoms with Gasteiger partial charge in [0.1, 0.15) is 0 Å². The molecular formula is C13H19N5OS. The molecule has 0 unspecified atom stereocenters. The Balaban J connectivity index is 1.79. The molecule has 0 fully saturated rings. The van der Waals surface area contributed by atoms with Crippen LogP contribution in [-0.4, -0.2) is 33.3 Å². The fourth-order valence-electron chi connectivity index (χ4n) is 1.76. The number of anilines is 1. The van der Waals surface area contributed by atoms with E-state index in [2.05, 4.69) is 27.6 Å². The molecule has 0 aliphatic carbocycles. The van der Waals surface area contributed by atoms with Gasteiger partial charge in [0.15, 0.2) is 5.13 Å². The monoisotopic (exact) mass is 293 g/mol. The summed E-state index contributed by atoms with van der Waals surface area (Å²) in [6.45, 7) is 6.38. The second-order valence-corrected chi connectivity index (χ2v) is 5.69. The van der Waals surface area contributed by atoms with Gasteiger partial charge >= 0.3 is 0 Å². The van der Waals surface area contributed by atoms with Gasteiger partial charge in [-0.2, -0.15) is 5.10 Å². The number of hydrogen-bond acceptors (Lipinski definition) is 5. The normalized spacial score (nSPS) is 13.9. The lowest BCUT2D eigenvalue weighted by atomic mass is 10.2. The van der Waals surface area contributed by atoms with Crippen LogP contribution in [0, 0.1) is 6.92 Å². The molecule has 0 bridgehead atoms. The van der Waals surface area contributed by atoms with Crippen LogP contribution in [0.2, 0.25) is 0 Å². The van der Waals surface area contributed by atoms with E-state index in [1.54, 1.807) is 6.20 Å². The van der Waals surface area contributed by atoms with Crippen LogP contribution >= 0.6 is 11.3 Å². The zero-order valence-electron chi connectivity index (χ0n) is 11.8. The molecule has 7 heteroatoms. The molecule has 2 atom stereocenters. The van der Waals surface area contributed by atoms with Gasteiger partial charge in [0, 0.05) is 23.8 Å². The highest BCUT2D eigenvalue weighted by Crippen LogP contribution is 2.11. The van der Waals surface area contributed by atoms with Crippen LogP contribution in [-0.2, 0) is 4.79 Å². The third-order valence-electron chi connectivity index (χ3n) is 3.13. The fraction of sp³-hybridized carbons (Fsp3) is 0.462. The number of carbonyl (C=O) groups is 1. The van der Waals surface area contributed by atoms with E-state index in [1.807, 2.05) is 36.3 Å². The van der Waals surface area contributed by atoms with Crippen molar-refractivity contribution in [3.8, 4) is 0 Å². The highest BCUT2D eigenvalue weighted by Gasteiger charge is 2.15. The minimum absolute atomic E-state index is 0.0874. The van der Waals surface area contributed by atoms with Crippen molar-refractivity contribution in [3.05, 3.63) is 29.5 Å². The Kier molecular flexibility index (Phi) is 4.86. The van der Waals surface area contributed by atoms with Gasteiger partial charge in [0.25, 0.3) is 0 Å². The number of aryl methyl sites for hydroxylation is 1. The third-order valence-corrected chi connectivity index (χ3v) is 3.82. The molecule has 2 aromatic heterocycles. The van der Waals surface area contributed by atoms with E-state index >= 15 is 0 Å². The Bertz CT molecular complexity index is 551. The zero-order chi connectivity index (χ0) is 14.5. The van der Waals surface area contributed by atoms with Crippen LogP contribution in [0.3, 0.4) is 0 Å². The molecule has 1 amide bonds. The molecule has 6 nitrogen and oxygen atoms in total. The smallest absolute Gasteiger partial charge is 0.240 e. The molecule has 0 saturated heterocycles. The number of hydrogen-bond donors (Lipinski definition) is 2. The predicted octanol–water partition coefficient (Wildman–Crippen LogP) is 1.83. The first-order valence-electron chi connectivity index (χ1n) is 6.49. The van der Waals surface area contributed by atoms with Gasteiger partial charge in [-0.3, -0.25) is 9.48 Å². The number of rotatable bonds is 6. The zero-order valence-corrected chi connectivity index (χ0v) is 12.6. The molecular weight excluding hydrogens is 274 g/mol. The average molecular weight is 293 g/mol. The Morgan fingerprint density at radius 1 is 1.50 bits per heavy atom. The highest BCUT2D eigenvalue weighted by molar-refractivity contribution is 7.13. The summed E-state index contributed by atoms with van der Waals surface area (Å²) < 4.78 is 1.91. The lowest BCUT2D eigenvalue weighted by Crippen LogP contribution is -2.39. The summed E-state index contributed by atoms with van der Waals surface area (Å²) in [6, 6.07) is 0.313. The Hall–Kier alpha value is -1.73. The molecule has 108 valence electrons. The van der Waals surface area contributed by atoms with E-state index < -0.39 is 0 Å². The van der Waals surface area contributed by atoms with Crippen LogP contribution in [0.1, 0.15) is 25.5 Å². The first kappa shape index (κ1) is 14.7. The van der Waals surface area contributed by atoms with Gasteiger partial charge in [-0.1, -0.05) is 0 Å². The highest BCUT2D eigenvalue weighted by atomic mass is 32.1. The molecule has 2 N–H and O–H groups in total. The first-order chi connectivity index (χ1) is 9.56. The molecule has 0 aliphatic heterocycles. The summed E-state index contributed by atoms with van der Waals surface area (Å²) in [4.78, 5) is 15.8. The van der Waals surface area contributed by atoms with Gasteiger partial charge in [0.05, 0.1) is 18.8 Å². The lowest BCUT2D eigenvalue weighted by molar-refractivity contribution is -0.115. The van der Waals surface area contributed by atoms with E-state index in [-0.39, 0.29) is 24.5 Å². The largest absolute Gasteiger partial charge is 0.304 e. The van der Waals surface area contributed by atoms with Crippen molar-refractivity contribution in [2.45, 2.75) is 32.9 Å². The van der Waals surface area contributed by atoms with Gasteiger partial charge in [-0.25, -0.2) is 4.98 Å². The van der Waals surface area contributed by atoms with Crippen molar-refractivity contribution in [2.24, 2.45) is 0 Å². The molecule has 0 saturated carbocycles. The third kappa shape index (κ3) is 3.88. The second-order valence-electron chi connectivity index (χ2n) is 4.79. The number of nitrogens with one attached hydrogen (secondary N) is 2. The molecule has 0 aliphatic rings. The Morgan fingerprint density at radius 2 is 2.30 bits per heavy atom. The number of amides is 1. The fourth-order valence-corrected chi connectivity index (χ4v) is 2.30. The molecule has 2 rings (SSSR count). The van der Waals surface area contributed by atoms with Crippen molar-refractivity contribution in [2.75, 3.05) is 11.9 Å². The maximum absolute atomic E-state index is 11.7. The molecule has 20 heavy (non-hydrogen) atoms. The summed E-state index contributed by atoms with van der Waals surface area (Å²) in [6.07, 6.45) is 5.50. The maximum atomic E-state index is 11.7. The van der Waals surface area contributed by atoms with E-state index in [9.17, 15) is 4.79 Å². The summed E-state index contributed by atoms with van der Waals surface area (Å²) in [5.74, 6) is -0.0874. The minimum Gasteiger partial charge on any atom is -0.304 e. The van der Waals surface area contributed by atoms with Gasteiger partial charge in [-0.05, 0) is 26.3 Å². The number of thiazole rings is 1. The molecule has 0 spiro atoms. The summed E-state index contributed by atoms with van der Waals surface area (Å²) in [7, 11) is 0. The van der Waals surface area contributed by atoms with Crippen LogP contribution in [0.5, 0.6) is 0 Å². The van der Waals surface area contributed by atoms with Gasteiger partial charge in [-0.15, -0.1) is 11.3 Å². The van der Waals surface area contributed by atoms with E-state index in [4.69, 9.17) is 0 Å². The SMILES string of the molecule is Cc1cnn([C@@H](C)[C@@H](C)NCC(=O)Nc2nccs2)c1. The predicted molar refractivity (Wildman–Crippen MR) is 79.9 cm³/mol. The lowest BCUT2D eigenvalue weighted by Gasteiger charge is -2.21. The van der Waals surface area contributed by atoms with Crippen LogP contribution < -0.4 is 10.6 Å². The van der Waals surface area contributed by atoms with Crippen molar-refractivity contribution in [1.82, 2.24) is 20.1 Å².